The number of carbonyl (C=O) groups is 4. The van der Waals surface area contributed by atoms with E-state index in [9.17, 15) is 27.6 Å². The molecule has 16 heteroatoms. The van der Waals surface area contributed by atoms with Gasteiger partial charge in [0.2, 0.25) is 21.8 Å². The maximum Gasteiger partial charge on any atom is 0.408 e. The lowest BCUT2D eigenvalue weighted by molar-refractivity contribution is -0.141. The van der Waals surface area contributed by atoms with Gasteiger partial charge in [-0.05, 0) is 92.2 Å². The number of hydrogen-bond donors (Lipinski definition) is 4. The largest absolute Gasteiger partial charge is 0.459 e. The standard InChI is InChI=1S/C37H53N7O8S/c1-22(2)44-27-16-12-14-25(38)29(27)40-33(44)51-24-19-28-30(45)41-37(32(47)42-53(49,50)36(6)17-18-36)20-23(37)13-10-8-7-9-11-15-26(31(46)43(28)21-24)39-34(48)52-35(3,4)5/h10,12-14,16,22-24,26,28H,7-9,11,15,17-21,38H2,1-6H3,(H,39,48)(H,41,45)(H,42,47)/b13-10-/t23-,24-,26+,28+,37-/m1/s1. The molecular formula is C37H53N7O8S. The number of carbonyl (C=O) groups excluding carboxylic acids is 4. The third kappa shape index (κ3) is 7.97. The van der Waals surface area contributed by atoms with Gasteiger partial charge in [0.25, 0.3) is 11.9 Å². The van der Waals surface area contributed by atoms with Gasteiger partial charge in [-0.3, -0.25) is 23.7 Å². The molecule has 290 valence electrons. The quantitative estimate of drug-likeness (QED) is 0.238. The van der Waals surface area contributed by atoms with Gasteiger partial charge in [0.1, 0.15) is 34.8 Å². The number of imidazole rings is 1. The van der Waals surface area contributed by atoms with Crippen molar-refractivity contribution in [3.8, 4) is 6.01 Å². The fraction of sp³-hybridized carbons (Fsp3) is 0.649. The van der Waals surface area contributed by atoms with Crippen molar-refractivity contribution in [3.05, 3.63) is 30.4 Å². The molecule has 3 fully saturated rings. The normalized spacial score (nSPS) is 28.2. The summed E-state index contributed by atoms with van der Waals surface area (Å²) in [5.74, 6) is -2.35. The lowest BCUT2D eigenvalue weighted by atomic mass is 10.0. The first kappa shape index (κ1) is 38.4. The van der Waals surface area contributed by atoms with Crippen LogP contribution in [0.2, 0.25) is 0 Å². The Morgan fingerprint density at radius 2 is 1.87 bits per heavy atom. The van der Waals surface area contributed by atoms with Crippen molar-refractivity contribution < 1.29 is 37.1 Å². The Bertz CT molecular complexity index is 1910. The number of hydrogen-bond acceptors (Lipinski definition) is 10. The number of nitrogens with one attached hydrogen (secondary N) is 3. The number of benzene rings is 1. The highest BCUT2D eigenvalue weighted by Gasteiger charge is 2.63. The summed E-state index contributed by atoms with van der Waals surface area (Å²) in [6.07, 6.45) is 6.65. The Morgan fingerprint density at radius 3 is 2.55 bits per heavy atom. The van der Waals surface area contributed by atoms with E-state index in [1.807, 2.05) is 42.7 Å². The van der Waals surface area contributed by atoms with Crippen molar-refractivity contribution in [2.75, 3.05) is 12.3 Å². The first-order chi connectivity index (χ1) is 24.8. The molecule has 53 heavy (non-hydrogen) atoms. The van der Waals surface area contributed by atoms with Gasteiger partial charge in [-0.1, -0.05) is 31.1 Å². The molecule has 0 radical (unpaired) electrons. The summed E-state index contributed by atoms with van der Waals surface area (Å²) in [5.41, 5.74) is 5.75. The van der Waals surface area contributed by atoms with Crippen LogP contribution in [0.4, 0.5) is 10.5 Å². The molecule has 5 atom stereocenters. The molecule has 5 N–H and O–H groups in total. The lowest BCUT2D eigenvalue weighted by Crippen LogP contribution is -2.58. The van der Waals surface area contributed by atoms with Crippen molar-refractivity contribution in [1.29, 1.82) is 0 Å². The van der Waals surface area contributed by atoms with Gasteiger partial charge in [-0.25, -0.2) is 13.2 Å². The Labute approximate surface area is 310 Å². The van der Waals surface area contributed by atoms with Crippen LogP contribution >= 0.6 is 0 Å². The second kappa shape index (κ2) is 14.1. The Morgan fingerprint density at radius 1 is 1.13 bits per heavy atom. The van der Waals surface area contributed by atoms with E-state index in [2.05, 4.69) is 15.4 Å². The average Bonchev–Trinajstić information content (AvgIpc) is 3.87. The van der Waals surface area contributed by atoms with Gasteiger partial charge < -0.3 is 30.7 Å². The number of nitrogens with zero attached hydrogens (tertiary/aromatic N) is 3. The Kier molecular flexibility index (Phi) is 10.2. The SMILES string of the molecule is CC(C)n1c(O[C@@H]2C[C@H]3C(=O)N[C@]4(C(=O)NS(=O)(=O)C5(C)CC5)C[C@H]4/C=C\CCCCC[C@H](NC(=O)OC(C)(C)C)C(=O)N3C2)nc2c(N)cccc21. The molecule has 0 unspecified atom stereocenters. The van der Waals surface area contributed by atoms with Gasteiger partial charge in [-0.2, -0.15) is 4.98 Å². The number of nitrogens with two attached hydrogens (primary N) is 1. The maximum atomic E-state index is 14.5. The predicted octanol–water partition coefficient (Wildman–Crippen LogP) is 3.83. The van der Waals surface area contributed by atoms with Crippen molar-refractivity contribution in [3.63, 3.8) is 0 Å². The summed E-state index contributed by atoms with van der Waals surface area (Å²) in [7, 11) is -3.99. The van der Waals surface area contributed by atoms with Crippen LogP contribution in [-0.2, 0) is 29.1 Å². The zero-order chi connectivity index (χ0) is 38.5. The summed E-state index contributed by atoms with van der Waals surface area (Å²) >= 11 is 0. The second-order valence-corrected chi connectivity index (χ2v) is 18.7. The molecule has 4 amide bonds. The first-order valence-corrected chi connectivity index (χ1v) is 20.1. The van der Waals surface area contributed by atoms with E-state index in [4.69, 9.17) is 20.2 Å². The lowest BCUT2D eigenvalue weighted by Gasteiger charge is -2.30. The van der Waals surface area contributed by atoms with E-state index in [0.29, 0.717) is 43.3 Å². The fourth-order valence-electron chi connectivity index (χ4n) is 7.24. The van der Waals surface area contributed by atoms with Crippen LogP contribution in [0.3, 0.4) is 0 Å². The van der Waals surface area contributed by atoms with E-state index < -0.39 is 73.8 Å². The molecule has 1 saturated heterocycles. The Hall–Kier alpha value is -4.34. The van der Waals surface area contributed by atoms with Crippen molar-refractivity contribution in [1.82, 2.24) is 29.8 Å². The van der Waals surface area contributed by atoms with Crippen LogP contribution in [-0.4, -0.2) is 87.3 Å². The molecule has 2 saturated carbocycles. The van der Waals surface area contributed by atoms with Crippen LogP contribution in [0.1, 0.15) is 105 Å². The molecule has 1 aromatic heterocycles. The minimum absolute atomic E-state index is 0.0184. The zero-order valence-corrected chi connectivity index (χ0v) is 32.3. The second-order valence-electron chi connectivity index (χ2n) is 16.5. The zero-order valence-electron chi connectivity index (χ0n) is 31.4. The minimum atomic E-state index is -3.99. The summed E-state index contributed by atoms with van der Waals surface area (Å²) in [4.78, 5) is 61.8. The number of aromatic nitrogens is 2. The van der Waals surface area contributed by atoms with E-state index in [1.165, 1.54) is 4.90 Å². The number of ether oxygens (including phenoxy) is 2. The molecule has 2 aliphatic heterocycles. The maximum absolute atomic E-state index is 14.5. The molecule has 0 spiro atoms. The highest BCUT2D eigenvalue weighted by atomic mass is 32.2. The first-order valence-electron chi connectivity index (χ1n) is 18.6. The molecule has 6 rings (SSSR count). The number of sulfonamides is 1. The molecule has 3 heterocycles. The molecule has 15 nitrogen and oxygen atoms in total. The summed E-state index contributed by atoms with van der Waals surface area (Å²) in [6.45, 7) is 10.7. The molecule has 1 aromatic carbocycles. The number of allylic oxidation sites excluding steroid dienone is 1. The highest BCUT2D eigenvalue weighted by Crippen LogP contribution is 2.47. The predicted molar refractivity (Wildman–Crippen MR) is 198 cm³/mol. The topological polar surface area (TPSA) is 204 Å². The van der Waals surface area contributed by atoms with Crippen molar-refractivity contribution in [2.24, 2.45) is 5.92 Å². The molecule has 2 aliphatic carbocycles. The van der Waals surface area contributed by atoms with Crippen LogP contribution in [0, 0.1) is 5.92 Å². The van der Waals surface area contributed by atoms with Crippen LogP contribution in [0.15, 0.2) is 30.4 Å². The molecule has 4 aliphatic rings. The van der Waals surface area contributed by atoms with Crippen LogP contribution < -0.4 is 25.8 Å². The van der Waals surface area contributed by atoms with Gasteiger partial charge >= 0.3 is 6.09 Å². The number of fused-ring (bicyclic) bond motifs is 3. The summed E-state index contributed by atoms with van der Waals surface area (Å²) in [6, 6.07) is 3.56. The van der Waals surface area contributed by atoms with E-state index >= 15 is 0 Å². The van der Waals surface area contributed by atoms with Crippen LogP contribution in [0.25, 0.3) is 11.0 Å². The van der Waals surface area contributed by atoms with Gasteiger partial charge in [-0.15, -0.1) is 0 Å². The number of amides is 4. The molecule has 0 bridgehead atoms. The minimum Gasteiger partial charge on any atom is -0.459 e. The summed E-state index contributed by atoms with van der Waals surface area (Å²) < 4.78 is 41.4. The third-order valence-corrected chi connectivity index (χ3v) is 12.8. The third-order valence-electron chi connectivity index (χ3n) is 10.7. The van der Waals surface area contributed by atoms with E-state index in [-0.39, 0.29) is 31.4 Å². The number of anilines is 1. The fourth-order valence-corrected chi connectivity index (χ4v) is 8.56. The van der Waals surface area contributed by atoms with Gasteiger partial charge in [0.15, 0.2) is 0 Å². The van der Waals surface area contributed by atoms with Crippen molar-refractivity contribution >= 4 is 50.6 Å². The van der Waals surface area contributed by atoms with Gasteiger partial charge in [0.05, 0.1) is 22.5 Å². The Balaban J connectivity index is 1.33. The number of alkyl carbamates (subject to hydrolysis) is 1. The van der Waals surface area contributed by atoms with E-state index in [0.717, 1.165) is 18.4 Å². The molecular weight excluding hydrogens is 703 g/mol. The number of rotatable bonds is 7. The number of nitrogen functional groups attached to an aromatic ring is 1. The average molecular weight is 756 g/mol. The highest BCUT2D eigenvalue weighted by molar-refractivity contribution is 7.91. The van der Waals surface area contributed by atoms with E-state index in [1.54, 1.807) is 33.8 Å². The molecule has 2 aromatic rings. The number of para-hydroxylation sites is 1. The van der Waals surface area contributed by atoms with Crippen LogP contribution in [0.5, 0.6) is 6.01 Å². The van der Waals surface area contributed by atoms with Crippen molar-refractivity contribution in [2.45, 2.75) is 139 Å². The summed E-state index contributed by atoms with van der Waals surface area (Å²) in [5, 5.41) is 5.63. The monoisotopic (exact) mass is 755 g/mol. The smallest absolute Gasteiger partial charge is 0.408 e. The van der Waals surface area contributed by atoms with Gasteiger partial charge in [0, 0.05) is 18.4 Å².